The summed E-state index contributed by atoms with van der Waals surface area (Å²) in [5.41, 5.74) is 8.57. The van der Waals surface area contributed by atoms with Crippen molar-refractivity contribution in [3.8, 4) is 0 Å². The second-order valence-corrected chi connectivity index (χ2v) is 9.31. The number of amides is 3. The zero-order valence-electron chi connectivity index (χ0n) is 20.9. The zero-order valence-corrected chi connectivity index (χ0v) is 20.9. The summed E-state index contributed by atoms with van der Waals surface area (Å²) in [6.45, 7) is 4.76. The average molecular weight is 512 g/mol. The van der Waals surface area contributed by atoms with Crippen LogP contribution in [0.25, 0.3) is 10.9 Å². The summed E-state index contributed by atoms with van der Waals surface area (Å²) in [4.78, 5) is 60.0. The van der Waals surface area contributed by atoms with Gasteiger partial charge in [-0.3, -0.25) is 14.4 Å². The predicted molar refractivity (Wildman–Crippen MR) is 136 cm³/mol. The first-order valence-corrected chi connectivity index (χ1v) is 12.0. The maximum atomic E-state index is 13.1. The van der Waals surface area contributed by atoms with E-state index in [2.05, 4.69) is 30.9 Å². The molecule has 3 aromatic rings. The van der Waals surface area contributed by atoms with Gasteiger partial charge in [-0.2, -0.15) is 0 Å². The van der Waals surface area contributed by atoms with Crippen molar-refractivity contribution in [2.24, 2.45) is 11.7 Å². The van der Waals surface area contributed by atoms with Crippen LogP contribution in [0.2, 0.25) is 0 Å². The largest absolute Gasteiger partial charge is 0.480 e. The third-order valence-corrected chi connectivity index (χ3v) is 6.05. The van der Waals surface area contributed by atoms with Crippen molar-refractivity contribution in [3.63, 3.8) is 0 Å². The van der Waals surface area contributed by atoms with E-state index in [1.54, 1.807) is 20.0 Å². The fourth-order valence-electron chi connectivity index (χ4n) is 3.91. The van der Waals surface area contributed by atoms with Crippen LogP contribution in [0.5, 0.6) is 0 Å². The van der Waals surface area contributed by atoms with E-state index in [1.807, 2.05) is 24.3 Å². The molecule has 37 heavy (non-hydrogen) atoms. The lowest BCUT2D eigenvalue weighted by Crippen LogP contribution is -2.57. The van der Waals surface area contributed by atoms with Crippen LogP contribution >= 0.6 is 0 Å². The van der Waals surface area contributed by atoms with Crippen LogP contribution in [-0.4, -0.2) is 67.9 Å². The molecule has 1 aromatic carbocycles. The number of nitrogens with one attached hydrogen (secondary N) is 5. The highest BCUT2D eigenvalue weighted by Crippen LogP contribution is 2.18. The number of hydrogen-bond acceptors (Lipinski definition) is 6. The Labute approximate surface area is 213 Å². The molecule has 2 heterocycles. The summed E-state index contributed by atoms with van der Waals surface area (Å²) in [5.74, 6) is -3.34. The third kappa shape index (κ3) is 7.17. The van der Waals surface area contributed by atoms with E-state index in [0.717, 1.165) is 16.5 Å². The molecule has 198 valence electrons. The summed E-state index contributed by atoms with van der Waals surface area (Å²) in [6, 6.07) is 3.52. The number of para-hydroxylation sites is 1. The standard InChI is InChI=1S/C25H33N7O5/c1-13(2)21(25(36)37)32-22(33)14(3)30-24(35)20(9-16-11-27-12-29-16)31-23(34)18(26)8-15-10-28-19-7-5-4-6-17(15)19/h4-7,10-14,18,20-21,28H,8-9,26H2,1-3H3,(H,27,29)(H,30,35)(H,31,34)(H,32,33)(H,36,37). The number of carboxylic acid groups (broad SMARTS) is 1. The van der Waals surface area contributed by atoms with Crippen molar-refractivity contribution in [1.29, 1.82) is 0 Å². The Bertz CT molecular complexity index is 1240. The quantitative estimate of drug-likeness (QED) is 0.180. The summed E-state index contributed by atoms with van der Waals surface area (Å²) < 4.78 is 0. The Morgan fingerprint density at radius 3 is 2.35 bits per heavy atom. The lowest BCUT2D eigenvalue weighted by molar-refractivity contribution is -0.143. The molecule has 0 aliphatic heterocycles. The van der Waals surface area contributed by atoms with E-state index in [1.165, 1.54) is 19.4 Å². The second kappa shape index (κ2) is 12.2. The summed E-state index contributed by atoms with van der Waals surface area (Å²) in [5, 5.41) is 17.9. The first-order valence-electron chi connectivity index (χ1n) is 12.0. The summed E-state index contributed by atoms with van der Waals surface area (Å²) >= 11 is 0. The molecular weight excluding hydrogens is 478 g/mol. The molecule has 0 saturated carbocycles. The van der Waals surface area contributed by atoms with Crippen LogP contribution in [0, 0.1) is 5.92 Å². The predicted octanol–water partition coefficient (Wildman–Crippen LogP) is 0.218. The molecule has 2 aromatic heterocycles. The number of nitrogens with two attached hydrogens (primary N) is 1. The van der Waals surface area contributed by atoms with Gasteiger partial charge in [0, 0.05) is 35.4 Å². The minimum Gasteiger partial charge on any atom is -0.480 e. The number of benzene rings is 1. The van der Waals surface area contributed by atoms with E-state index in [4.69, 9.17) is 5.73 Å². The molecule has 12 nitrogen and oxygen atoms in total. The molecule has 0 saturated heterocycles. The van der Waals surface area contributed by atoms with E-state index in [-0.39, 0.29) is 18.8 Å². The van der Waals surface area contributed by atoms with E-state index in [0.29, 0.717) is 5.69 Å². The smallest absolute Gasteiger partial charge is 0.326 e. The molecule has 4 unspecified atom stereocenters. The van der Waals surface area contributed by atoms with Crippen LogP contribution in [0.1, 0.15) is 32.0 Å². The zero-order chi connectivity index (χ0) is 27.1. The molecule has 8 N–H and O–H groups in total. The Balaban J connectivity index is 1.67. The number of aromatic amines is 2. The summed E-state index contributed by atoms with van der Waals surface area (Å²) in [6.07, 6.45) is 5.10. The maximum Gasteiger partial charge on any atom is 0.326 e. The molecule has 4 atom stereocenters. The van der Waals surface area contributed by atoms with Gasteiger partial charge in [0.1, 0.15) is 18.1 Å². The van der Waals surface area contributed by atoms with Crippen molar-refractivity contribution in [2.75, 3.05) is 0 Å². The van der Waals surface area contributed by atoms with Gasteiger partial charge in [-0.25, -0.2) is 9.78 Å². The molecule has 12 heteroatoms. The molecule has 3 amide bonds. The number of H-pyrrole nitrogens is 2. The highest BCUT2D eigenvalue weighted by atomic mass is 16.4. The molecule has 3 rings (SSSR count). The van der Waals surface area contributed by atoms with Gasteiger partial charge in [0.15, 0.2) is 0 Å². The lowest BCUT2D eigenvalue weighted by Gasteiger charge is -2.24. The number of nitrogens with zero attached hydrogens (tertiary/aromatic N) is 1. The van der Waals surface area contributed by atoms with Gasteiger partial charge in [0.05, 0.1) is 12.4 Å². The number of carbonyl (C=O) groups is 4. The van der Waals surface area contributed by atoms with Gasteiger partial charge >= 0.3 is 5.97 Å². The fourth-order valence-corrected chi connectivity index (χ4v) is 3.91. The number of fused-ring (bicyclic) bond motifs is 1. The average Bonchev–Trinajstić information content (AvgIpc) is 3.51. The fraction of sp³-hybridized carbons (Fsp3) is 0.400. The van der Waals surface area contributed by atoms with Gasteiger partial charge in [-0.15, -0.1) is 0 Å². The first-order chi connectivity index (χ1) is 17.6. The Morgan fingerprint density at radius 1 is 0.973 bits per heavy atom. The maximum absolute atomic E-state index is 13.1. The monoisotopic (exact) mass is 511 g/mol. The molecule has 0 spiro atoms. The number of hydrogen-bond donors (Lipinski definition) is 7. The van der Waals surface area contributed by atoms with Crippen molar-refractivity contribution in [1.82, 2.24) is 30.9 Å². The van der Waals surface area contributed by atoms with E-state index in [9.17, 15) is 24.3 Å². The van der Waals surface area contributed by atoms with Gasteiger partial charge < -0.3 is 36.8 Å². The number of carboxylic acids is 1. The molecular formula is C25H33N7O5. The molecule has 0 aliphatic rings. The number of aliphatic carboxylic acids is 1. The topological polar surface area (TPSA) is 195 Å². The van der Waals surface area contributed by atoms with Crippen molar-refractivity contribution >= 4 is 34.6 Å². The van der Waals surface area contributed by atoms with Crippen LogP contribution in [0.3, 0.4) is 0 Å². The van der Waals surface area contributed by atoms with Crippen LogP contribution < -0.4 is 21.7 Å². The van der Waals surface area contributed by atoms with E-state index >= 15 is 0 Å². The SMILES string of the molecule is CC(NC(=O)C(Cc1cnc[nH]1)NC(=O)C(N)Cc1c[nH]c2ccccc12)C(=O)NC(C(=O)O)C(C)C. The third-order valence-electron chi connectivity index (χ3n) is 6.05. The second-order valence-electron chi connectivity index (χ2n) is 9.31. The minimum absolute atomic E-state index is 0.0788. The molecule has 0 fully saturated rings. The first kappa shape index (κ1) is 27.4. The van der Waals surface area contributed by atoms with Crippen LogP contribution in [-0.2, 0) is 32.0 Å². The Hall–Kier alpha value is -4.19. The van der Waals surface area contributed by atoms with Gasteiger partial charge in [0.25, 0.3) is 0 Å². The van der Waals surface area contributed by atoms with Gasteiger partial charge in [-0.05, 0) is 30.9 Å². The molecule has 0 bridgehead atoms. The van der Waals surface area contributed by atoms with Crippen molar-refractivity contribution in [2.45, 2.75) is 57.8 Å². The number of carbonyl (C=O) groups excluding carboxylic acids is 3. The highest BCUT2D eigenvalue weighted by molar-refractivity contribution is 5.94. The van der Waals surface area contributed by atoms with E-state index < -0.39 is 47.9 Å². The molecule has 0 aliphatic carbocycles. The number of aromatic nitrogens is 3. The lowest BCUT2D eigenvalue weighted by atomic mass is 10.0. The van der Waals surface area contributed by atoms with Crippen LogP contribution in [0.15, 0.2) is 43.0 Å². The Kier molecular flexibility index (Phi) is 9.01. The van der Waals surface area contributed by atoms with Gasteiger partial charge in [-0.1, -0.05) is 32.0 Å². The normalized spacial score (nSPS) is 14.5. The highest BCUT2D eigenvalue weighted by Gasteiger charge is 2.30. The number of rotatable bonds is 12. The van der Waals surface area contributed by atoms with Gasteiger partial charge in [0.2, 0.25) is 17.7 Å². The summed E-state index contributed by atoms with van der Waals surface area (Å²) in [7, 11) is 0. The van der Waals surface area contributed by atoms with Crippen molar-refractivity contribution in [3.05, 3.63) is 54.2 Å². The Morgan fingerprint density at radius 2 is 1.70 bits per heavy atom. The minimum atomic E-state index is -1.17. The molecule has 0 radical (unpaired) electrons. The van der Waals surface area contributed by atoms with Crippen molar-refractivity contribution < 1.29 is 24.3 Å². The number of imidazole rings is 1. The van der Waals surface area contributed by atoms with Crippen LogP contribution in [0.4, 0.5) is 0 Å².